The summed E-state index contributed by atoms with van der Waals surface area (Å²) in [5.74, 6) is 0.468. The molecule has 0 aliphatic rings. The molecule has 0 aliphatic heterocycles. The van der Waals surface area contributed by atoms with Gasteiger partial charge in [-0.2, -0.15) is 0 Å². The second kappa shape index (κ2) is 5.54. The Bertz CT molecular complexity index is 374. The molecule has 1 unspecified atom stereocenters. The quantitative estimate of drug-likeness (QED) is 0.765. The minimum absolute atomic E-state index is 0.0369. The lowest BCUT2D eigenvalue weighted by Gasteiger charge is -2.11. The number of rotatable bonds is 4. The third-order valence-corrected chi connectivity index (χ3v) is 2.81. The summed E-state index contributed by atoms with van der Waals surface area (Å²) in [4.78, 5) is 11.9. The van der Waals surface area contributed by atoms with Crippen LogP contribution >= 0.6 is 0 Å². The van der Waals surface area contributed by atoms with E-state index in [9.17, 15) is 4.79 Å². The Labute approximate surface area is 97.0 Å². The summed E-state index contributed by atoms with van der Waals surface area (Å²) in [6.07, 6.45) is 1.07. The number of hydrogen-bond donors (Lipinski definition) is 2. The fourth-order valence-electron chi connectivity index (χ4n) is 1.39. The van der Waals surface area contributed by atoms with Gasteiger partial charge in [-0.05, 0) is 30.5 Å². The van der Waals surface area contributed by atoms with Crippen LogP contribution in [0.2, 0.25) is 0 Å². The zero-order chi connectivity index (χ0) is 12.1. The van der Waals surface area contributed by atoms with Crippen molar-refractivity contribution in [2.24, 2.45) is 5.92 Å². The van der Waals surface area contributed by atoms with Gasteiger partial charge < -0.3 is 11.1 Å². The van der Waals surface area contributed by atoms with E-state index in [0.29, 0.717) is 23.7 Å². The molecule has 0 aromatic heterocycles. The summed E-state index contributed by atoms with van der Waals surface area (Å²) >= 11 is 0. The molecule has 1 aromatic rings. The first kappa shape index (κ1) is 12.6. The number of nitrogen functional groups attached to an aromatic ring is 1. The summed E-state index contributed by atoms with van der Waals surface area (Å²) in [5, 5.41) is 2.92. The van der Waals surface area contributed by atoms with Crippen LogP contribution in [-0.2, 0) is 0 Å². The van der Waals surface area contributed by atoms with E-state index in [4.69, 9.17) is 5.73 Å². The first-order chi connectivity index (χ1) is 7.54. The van der Waals surface area contributed by atoms with E-state index >= 15 is 0 Å². The SMILES string of the molecule is CCC(C)CNC(=O)c1cc(N)ccc1C. The summed E-state index contributed by atoms with van der Waals surface area (Å²) in [5.41, 5.74) is 7.92. The lowest BCUT2D eigenvalue weighted by molar-refractivity contribution is 0.0947. The largest absolute Gasteiger partial charge is 0.399 e. The van der Waals surface area contributed by atoms with Gasteiger partial charge in [0.15, 0.2) is 0 Å². The number of nitrogens with one attached hydrogen (secondary N) is 1. The zero-order valence-corrected chi connectivity index (χ0v) is 10.2. The van der Waals surface area contributed by atoms with Crippen molar-refractivity contribution in [3.05, 3.63) is 29.3 Å². The van der Waals surface area contributed by atoms with Crippen LogP contribution in [0, 0.1) is 12.8 Å². The first-order valence-corrected chi connectivity index (χ1v) is 5.69. The molecule has 0 fully saturated rings. The van der Waals surface area contributed by atoms with E-state index in [1.807, 2.05) is 13.0 Å². The van der Waals surface area contributed by atoms with Crippen LogP contribution in [0.3, 0.4) is 0 Å². The minimum Gasteiger partial charge on any atom is -0.399 e. The molecule has 0 saturated carbocycles. The molecule has 1 amide bonds. The topological polar surface area (TPSA) is 55.1 Å². The average Bonchev–Trinajstić information content (AvgIpc) is 2.28. The molecule has 0 spiro atoms. The maximum Gasteiger partial charge on any atom is 0.251 e. The second-order valence-corrected chi connectivity index (χ2v) is 4.30. The van der Waals surface area contributed by atoms with Crippen LogP contribution < -0.4 is 11.1 Å². The molecule has 1 aromatic carbocycles. The Morgan fingerprint density at radius 1 is 1.50 bits per heavy atom. The lowest BCUT2D eigenvalue weighted by Crippen LogP contribution is -2.28. The number of aryl methyl sites for hydroxylation is 1. The zero-order valence-electron chi connectivity index (χ0n) is 10.2. The van der Waals surface area contributed by atoms with Gasteiger partial charge in [0, 0.05) is 17.8 Å². The van der Waals surface area contributed by atoms with E-state index < -0.39 is 0 Å². The van der Waals surface area contributed by atoms with Gasteiger partial charge in [0.2, 0.25) is 0 Å². The van der Waals surface area contributed by atoms with Crippen molar-refractivity contribution in [3.63, 3.8) is 0 Å². The molecule has 1 rings (SSSR count). The summed E-state index contributed by atoms with van der Waals surface area (Å²) < 4.78 is 0. The van der Waals surface area contributed by atoms with Crippen LogP contribution in [0.25, 0.3) is 0 Å². The van der Waals surface area contributed by atoms with Crippen LogP contribution in [-0.4, -0.2) is 12.5 Å². The number of anilines is 1. The lowest BCUT2D eigenvalue weighted by atomic mass is 10.1. The molecule has 3 heteroatoms. The summed E-state index contributed by atoms with van der Waals surface area (Å²) in [7, 11) is 0. The van der Waals surface area contributed by atoms with E-state index in [2.05, 4.69) is 19.2 Å². The van der Waals surface area contributed by atoms with Gasteiger partial charge in [-0.1, -0.05) is 26.3 Å². The van der Waals surface area contributed by atoms with E-state index in [0.717, 1.165) is 12.0 Å². The number of carbonyl (C=O) groups is 1. The number of hydrogen-bond acceptors (Lipinski definition) is 2. The van der Waals surface area contributed by atoms with Gasteiger partial charge in [-0.15, -0.1) is 0 Å². The highest BCUT2D eigenvalue weighted by atomic mass is 16.1. The normalized spacial score (nSPS) is 12.2. The van der Waals surface area contributed by atoms with Crippen molar-refractivity contribution in [1.82, 2.24) is 5.32 Å². The molecule has 16 heavy (non-hydrogen) atoms. The Morgan fingerprint density at radius 3 is 2.81 bits per heavy atom. The van der Waals surface area contributed by atoms with Gasteiger partial charge in [-0.3, -0.25) is 4.79 Å². The molecule has 1 atom stereocenters. The second-order valence-electron chi connectivity index (χ2n) is 4.30. The molecule has 3 nitrogen and oxygen atoms in total. The molecular weight excluding hydrogens is 200 g/mol. The molecule has 88 valence electrons. The van der Waals surface area contributed by atoms with Crippen molar-refractivity contribution in [3.8, 4) is 0 Å². The van der Waals surface area contributed by atoms with E-state index in [1.165, 1.54) is 0 Å². The molecule has 0 heterocycles. The highest BCUT2D eigenvalue weighted by Crippen LogP contribution is 2.12. The van der Waals surface area contributed by atoms with Crippen molar-refractivity contribution < 1.29 is 4.79 Å². The molecule has 0 aliphatic carbocycles. The van der Waals surface area contributed by atoms with Crippen LogP contribution in [0.1, 0.15) is 36.2 Å². The van der Waals surface area contributed by atoms with Crippen LogP contribution in [0.15, 0.2) is 18.2 Å². The Kier molecular flexibility index (Phi) is 4.35. The molecule has 0 bridgehead atoms. The number of nitrogens with two attached hydrogens (primary N) is 1. The standard InChI is InChI=1S/C13H20N2O/c1-4-9(2)8-15-13(16)12-7-11(14)6-5-10(12)3/h5-7,9H,4,8,14H2,1-3H3,(H,15,16). The van der Waals surface area contributed by atoms with Gasteiger partial charge >= 0.3 is 0 Å². The molecular formula is C13H20N2O. The highest BCUT2D eigenvalue weighted by Gasteiger charge is 2.09. The van der Waals surface area contributed by atoms with E-state index in [-0.39, 0.29) is 5.91 Å². The Balaban J connectivity index is 2.69. The average molecular weight is 220 g/mol. The third-order valence-electron chi connectivity index (χ3n) is 2.81. The minimum atomic E-state index is -0.0369. The van der Waals surface area contributed by atoms with E-state index in [1.54, 1.807) is 12.1 Å². The number of benzene rings is 1. The van der Waals surface area contributed by atoms with Gasteiger partial charge in [0.1, 0.15) is 0 Å². The van der Waals surface area contributed by atoms with Crippen molar-refractivity contribution in [2.45, 2.75) is 27.2 Å². The Hall–Kier alpha value is -1.51. The molecule has 0 radical (unpaired) electrons. The van der Waals surface area contributed by atoms with Crippen LogP contribution in [0.4, 0.5) is 5.69 Å². The van der Waals surface area contributed by atoms with Crippen LogP contribution in [0.5, 0.6) is 0 Å². The fraction of sp³-hybridized carbons (Fsp3) is 0.462. The fourth-order valence-corrected chi connectivity index (χ4v) is 1.39. The third kappa shape index (κ3) is 3.26. The van der Waals surface area contributed by atoms with Gasteiger partial charge in [0.25, 0.3) is 5.91 Å². The Morgan fingerprint density at radius 2 is 2.19 bits per heavy atom. The van der Waals surface area contributed by atoms with Gasteiger partial charge in [-0.25, -0.2) is 0 Å². The van der Waals surface area contributed by atoms with Gasteiger partial charge in [0.05, 0.1) is 0 Å². The highest BCUT2D eigenvalue weighted by molar-refractivity contribution is 5.96. The monoisotopic (exact) mass is 220 g/mol. The summed E-state index contributed by atoms with van der Waals surface area (Å²) in [6.45, 7) is 6.86. The number of carbonyl (C=O) groups excluding carboxylic acids is 1. The summed E-state index contributed by atoms with van der Waals surface area (Å²) in [6, 6.07) is 5.40. The predicted molar refractivity (Wildman–Crippen MR) is 67.4 cm³/mol. The van der Waals surface area contributed by atoms with Crippen molar-refractivity contribution in [2.75, 3.05) is 12.3 Å². The van der Waals surface area contributed by atoms with Crippen molar-refractivity contribution in [1.29, 1.82) is 0 Å². The predicted octanol–water partition coefficient (Wildman–Crippen LogP) is 2.35. The first-order valence-electron chi connectivity index (χ1n) is 5.69. The van der Waals surface area contributed by atoms with Crippen molar-refractivity contribution >= 4 is 11.6 Å². The number of amides is 1. The maximum atomic E-state index is 11.9. The molecule has 3 N–H and O–H groups in total. The smallest absolute Gasteiger partial charge is 0.251 e. The maximum absolute atomic E-state index is 11.9. The molecule has 0 saturated heterocycles.